The number of rotatable bonds is 5. The van der Waals surface area contributed by atoms with Crippen molar-refractivity contribution in [3.63, 3.8) is 0 Å². The molecule has 0 aliphatic carbocycles. The van der Waals surface area contributed by atoms with E-state index in [1.165, 1.54) is 7.11 Å². The van der Waals surface area contributed by atoms with Crippen molar-refractivity contribution in [2.24, 2.45) is 0 Å². The number of carbonyl (C=O) groups excluding carboxylic acids is 1. The summed E-state index contributed by atoms with van der Waals surface area (Å²) in [6, 6.07) is 5.44. The zero-order chi connectivity index (χ0) is 12.0. The predicted octanol–water partition coefficient (Wildman–Crippen LogP) is 3.26. The van der Waals surface area contributed by atoms with Gasteiger partial charge in [-0.1, -0.05) is 13.3 Å². The van der Waals surface area contributed by atoms with Crippen LogP contribution in [-0.4, -0.2) is 19.7 Å². The van der Waals surface area contributed by atoms with Gasteiger partial charge >= 0.3 is 5.97 Å². The first-order valence-corrected chi connectivity index (χ1v) is 6.27. The van der Waals surface area contributed by atoms with Gasteiger partial charge in [0, 0.05) is 3.57 Å². The Hall–Kier alpha value is -0.780. The highest BCUT2D eigenvalue weighted by molar-refractivity contribution is 14.1. The molecule has 0 amide bonds. The maximum atomic E-state index is 11.5. The molecule has 0 heterocycles. The Morgan fingerprint density at radius 2 is 2.19 bits per heavy atom. The molecule has 0 N–H and O–H groups in total. The van der Waals surface area contributed by atoms with Crippen LogP contribution in [0.3, 0.4) is 0 Å². The predicted molar refractivity (Wildman–Crippen MR) is 70.9 cm³/mol. The second-order valence-electron chi connectivity index (χ2n) is 3.33. The highest BCUT2D eigenvalue weighted by Gasteiger charge is 2.12. The Balaban J connectivity index is 2.85. The van der Waals surface area contributed by atoms with Gasteiger partial charge < -0.3 is 9.47 Å². The largest absolute Gasteiger partial charge is 0.493 e. The van der Waals surface area contributed by atoms with Crippen molar-refractivity contribution in [2.75, 3.05) is 13.7 Å². The van der Waals surface area contributed by atoms with E-state index >= 15 is 0 Å². The molecule has 3 nitrogen and oxygen atoms in total. The van der Waals surface area contributed by atoms with Crippen molar-refractivity contribution in [2.45, 2.75) is 19.8 Å². The number of benzene rings is 1. The Labute approximate surface area is 109 Å². The van der Waals surface area contributed by atoms with Gasteiger partial charge in [0.05, 0.1) is 13.7 Å². The fraction of sp³-hybridized carbons (Fsp3) is 0.417. The first kappa shape index (κ1) is 13.3. The molecule has 1 aromatic rings. The van der Waals surface area contributed by atoms with Crippen LogP contribution in [0.5, 0.6) is 5.75 Å². The molecule has 0 saturated heterocycles. The number of halogens is 1. The van der Waals surface area contributed by atoms with Gasteiger partial charge in [-0.15, -0.1) is 0 Å². The van der Waals surface area contributed by atoms with Gasteiger partial charge in [-0.25, -0.2) is 4.79 Å². The highest BCUT2D eigenvalue weighted by Crippen LogP contribution is 2.22. The van der Waals surface area contributed by atoms with Gasteiger partial charge in [-0.05, 0) is 47.2 Å². The van der Waals surface area contributed by atoms with Gasteiger partial charge in [-0.3, -0.25) is 0 Å². The molecule has 0 saturated carbocycles. The minimum atomic E-state index is -0.358. The molecular weight excluding hydrogens is 319 g/mol. The first-order chi connectivity index (χ1) is 7.69. The smallest absolute Gasteiger partial charge is 0.341 e. The lowest BCUT2D eigenvalue weighted by molar-refractivity contribution is 0.0596. The van der Waals surface area contributed by atoms with Crippen molar-refractivity contribution >= 4 is 28.6 Å². The molecule has 0 fully saturated rings. The topological polar surface area (TPSA) is 35.5 Å². The van der Waals surface area contributed by atoms with E-state index in [0.29, 0.717) is 17.9 Å². The third-order valence-electron chi connectivity index (χ3n) is 2.10. The summed E-state index contributed by atoms with van der Waals surface area (Å²) in [5, 5.41) is 0. The van der Waals surface area contributed by atoms with Crippen molar-refractivity contribution in [3.05, 3.63) is 27.3 Å². The number of unbranched alkanes of at least 4 members (excludes halogenated alkanes) is 1. The van der Waals surface area contributed by atoms with Gasteiger partial charge in [-0.2, -0.15) is 0 Å². The summed E-state index contributed by atoms with van der Waals surface area (Å²) in [6.45, 7) is 2.72. The number of esters is 1. The van der Waals surface area contributed by atoms with Crippen molar-refractivity contribution in [1.29, 1.82) is 0 Å². The molecule has 0 spiro atoms. The SMILES string of the molecule is CCCCOc1cc(I)ccc1C(=O)OC. The molecule has 0 aliphatic heterocycles. The quantitative estimate of drug-likeness (QED) is 0.471. The monoisotopic (exact) mass is 334 g/mol. The van der Waals surface area contributed by atoms with E-state index in [9.17, 15) is 4.79 Å². The fourth-order valence-electron chi connectivity index (χ4n) is 1.22. The van der Waals surface area contributed by atoms with Crippen LogP contribution >= 0.6 is 22.6 Å². The Morgan fingerprint density at radius 1 is 1.44 bits per heavy atom. The zero-order valence-electron chi connectivity index (χ0n) is 9.46. The van der Waals surface area contributed by atoms with E-state index in [1.54, 1.807) is 6.07 Å². The summed E-state index contributed by atoms with van der Waals surface area (Å²) >= 11 is 2.19. The van der Waals surface area contributed by atoms with Crippen LogP contribution in [0, 0.1) is 3.57 Å². The van der Waals surface area contributed by atoms with Gasteiger partial charge in [0.2, 0.25) is 0 Å². The van der Waals surface area contributed by atoms with Crippen LogP contribution in [-0.2, 0) is 4.74 Å². The summed E-state index contributed by atoms with van der Waals surface area (Å²) in [5.74, 6) is 0.245. The summed E-state index contributed by atoms with van der Waals surface area (Å²) in [7, 11) is 1.37. The number of hydrogen-bond donors (Lipinski definition) is 0. The molecule has 88 valence electrons. The van der Waals surface area contributed by atoms with Gasteiger partial charge in [0.15, 0.2) is 0 Å². The van der Waals surface area contributed by atoms with Crippen LogP contribution in [0.25, 0.3) is 0 Å². The summed E-state index contributed by atoms with van der Waals surface area (Å²) in [5.41, 5.74) is 0.485. The summed E-state index contributed by atoms with van der Waals surface area (Å²) < 4.78 is 11.3. The molecule has 0 aliphatic rings. The fourth-order valence-corrected chi connectivity index (χ4v) is 1.68. The van der Waals surface area contributed by atoms with Crippen molar-refractivity contribution < 1.29 is 14.3 Å². The van der Waals surface area contributed by atoms with Crippen LogP contribution in [0.1, 0.15) is 30.1 Å². The minimum Gasteiger partial charge on any atom is -0.493 e. The molecule has 1 aromatic carbocycles. The number of ether oxygens (including phenoxy) is 2. The molecule has 0 bridgehead atoms. The minimum absolute atomic E-state index is 0.358. The molecule has 4 heteroatoms. The summed E-state index contributed by atoms with van der Waals surface area (Å²) in [6.07, 6.45) is 2.05. The Kier molecular flexibility index (Phi) is 5.59. The lowest BCUT2D eigenvalue weighted by atomic mass is 10.2. The van der Waals surface area contributed by atoms with Crippen molar-refractivity contribution in [3.8, 4) is 5.75 Å². The molecule has 0 radical (unpaired) electrons. The first-order valence-electron chi connectivity index (χ1n) is 5.19. The molecule has 0 aromatic heterocycles. The molecular formula is C12H15IO3. The normalized spacial score (nSPS) is 9.94. The van der Waals surface area contributed by atoms with E-state index < -0.39 is 0 Å². The van der Waals surface area contributed by atoms with Crippen LogP contribution in [0.2, 0.25) is 0 Å². The second-order valence-corrected chi connectivity index (χ2v) is 4.58. The third kappa shape index (κ3) is 3.66. The van der Waals surface area contributed by atoms with Crippen LogP contribution in [0.15, 0.2) is 18.2 Å². The standard InChI is InChI=1S/C12H15IO3/c1-3-4-7-16-11-8-9(13)5-6-10(11)12(14)15-2/h5-6,8H,3-4,7H2,1-2H3. The van der Waals surface area contributed by atoms with Crippen molar-refractivity contribution in [1.82, 2.24) is 0 Å². The van der Waals surface area contributed by atoms with E-state index in [4.69, 9.17) is 9.47 Å². The van der Waals surface area contributed by atoms with E-state index in [2.05, 4.69) is 29.5 Å². The van der Waals surface area contributed by atoms with Gasteiger partial charge in [0.25, 0.3) is 0 Å². The Morgan fingerprint density at radius 3 is 2.81 bits per heavy atom. The Bertz CT molecular complexity index is 363. The maximum absolute atomic E-state index is 11.5. The molecule has 16 heavy (non-hydrogen) atoms. The third-order valence-corrected chi connectivity index (χ3v) is 2.78. The average molecular weight is 334 g/mol. The average Bonchev–Trinajstić information content (AvgIpc) is 2.29. The summed E-state index contributed by atoms with van der Waals surface area (Å²) in [4.78, 5) is 11.5. The molecule has 0 atom stereocenters. The highest BCUT2D eigenvalue weighted by atomic mass is 127. The van der Waals surface area contributed by atoms with E-state index in [0.717, 1.165) is 16.4 Å². The molecule has 0 unspecified atom stereocenters. The molecule has 1 rings (SSSR count). The van der Waals surface area contributed by atoms with E-state index in [-0.39, 0.29) is 5.97 Å². The van der Waals surface area contributed by atoms with Crippen LogP contribution in [0.4, 0.5) is 0 Å². The van der Waals surface area contributed by atoms with Gasteiger partial charge in [0.1, 0.15) is 11.3 Å². The van der Waals surface area contributed by atoms with Crippen LogP contribution < -0.4 is 4.74 Å². The second kappa shape index (κ2) is 6.73. The number of carbonyl (C=O) groups is 1. The maximum Gasteiger partial charge on any atom is 0.341 e. The lowest BCUT2D eigenvalue weighted by Gasteiger charge is -2.10. The number of methoxy groups -OCH3 is 1. The zero-order valence-corrected chi connectivity index (χ0v) is 11.6. The van der Waals surface area contributed by atoms with E-state index in [1.807, 2.05) is 12.1 Å². The lowest BCUT2D eigenvalue weighted by Crippen LogP contribution is -2.06. The number of hydrogen-bond acceptors (Lipinski definition) is 3.